The van der Waals surface area contributed by atoms with Crippen molar-refractivity contribution in [1.29, 1.82) is 0 Å². The van der Waals surface area contributed by atoms with Crippen molar-refractivity contribution in [2.24, 2.45) is 4.99 Å². The lowest BCUT2D eigenvalue weighted by atomic mass is 10.1. The largest absolute Gasteiger partial charge is 0.493 e. The Bertz CT molecular complexity index is 799. The average molecular weight is 345 g/mol. The highest BCUT2D eigenvalue weighted by molar-refractivity contribution is 7.12. The first-order valence-corrected chi connectivity index (χ1v) is 7.90. The maximum Gasteiger partial charge on any atom is 0.363 e. The van der Waals surface area contributed by atoms with Crippen molar-refractivity contribution in [1.82, 2.24) is 0 Å². The van der Waals surface area contributed by atoms with Crippen LogP contribution in [0, 0.1) is 0 Å². The molecule has 0 radical (unpaired) electrons. The first kappa shape index (κ1) is 16.1. The van der Waals surface area contributed by atoms with Gasteiger partial charge in [-0.3, -0.25) is 0 Å². The van der Waals surface area contributed by atoms with Gasteiger partial charge in [-0.15, -0.1) is 11.3 Å². The Morgan fingerprint density at radius 3 is 2.38 bits per heavy atom. The second kappa shape index (κ2) is 6.76. The molecule has 7 heteroatoms. The second-order valence-electron chi connectivity index (χ2n) is 4.77. The van der Waals surface area contributed by atoms with E-state index in [0.29, 0.717) is 28.7 Å². The Kier molecular flexibility index (Phi) is 4.52. The fraction of sp³-hybridized carbons (Fsp3) is 0.176. The average Bonchev–Trinajstić information content (AvgIpc) is 3.24. The number of methoxy groups -OCH3 is 3. The Balaban J connectivity index is 2.00. The maximum absolute atomic E-state index is 12.0. The first-order chi connectivity index (χ1) is 11.7. The minimum absolute atomic E-state index is 0.215. The molecule has 0 atom stereocenters. The third-order valence-electron chi connectivity index (χ3n) is 3.34. The number of cyclic esters (lactones) is 1. The predicted molar refractivity (Wildman–Crippen MR) is 91.0 cm³/mol. The van der Waals surface area contributed by atoms with Crippen LogP contribution in [0.4, 0.5) is 0 Å². The second-order valence-corrected chi connectivity index (χ2v) is 5.72. The van der Waals surface area contributed by atoms with Crippen molar-refractivity contribution in [3.05, 3.63) is 45.8 Å². The number of nitrogens with zero attached hydrogens (tertiary/aromatic N) is 1. The predicted octanol–water partition coefficient (Wildman–Crippen LogP) is 3.12. The molecular weight excluding hydrogens is 330 g/mol. The number of hydrogen-bond acceptors (Lipinski definition) is 7. The van der Waals surface area contributed by atoms with Crippen molar-refractivity contribution in [2.75, 3.05) is 21.3 Å². The molecule has 0 bridgehead atoms. The van der Waals surface area contributed by atoms with Gasteiger partial charge in [-0.2, -0.15) is 0 Å². The van der Waals surface area contributed by atoms with Gasteiger partial charge < -0.3 is 18.9 Å². The Labute approximate surface area is 142 Å². The van der Waals surface area contributed by atoms with Crippen LogP contribution in [0.5, 0.6) is 17.2 Å². The van der Waals surface area contributed by atoms with E-state index in [-0.39, 0.29) is 5.70 Å². The molecule has 1 aromatic carbocycles. The van der Waals surface area contributed by atoms with Crippen LogP contribution in [0.1, 0.15) is 10.4 Å². The summed E-state index contributed by atoms with van der Waals surface area (Å²) in [5.41, 5.74) is 0.903. The number of carbonyl (C=O) groups excluding carboxylic acids is 1. The van der Waals surface area contributed by atoms with E-state index in [4.69, 9.17) is 18.9 Å². The van der Waals surface area contributed by atoms with Crippen LogP contribution >= 0.6 is 11.3 Å². The fourth-order valence-electron chi connectivity index (χ4n) is 2.26. The standard InChI is InChI=1S/C17H15NO5S/c1-20-12-8-10(9-13(21-2)15(12)22-3)7-11-17(19)23-16(18-11)14-5-4-6-24-14/h4-9H,1-3H3/b11-7+. The van der Waals surface area contributed by atoms with E-state index in [2.05, 4.69) is 4.99 Å². The van der Waals surface area contributed by atoms with Gasteiger partial charge in [0, 0.05) is 0 Å². The highest BCUT2D eigenvalue weighted by Crippen LogP contribution is 2.39. The summed E-state index contributed by atoms with van der Waals surface area (Å²) < 4.78 is 21.1. The van der Waals surface area contributed by atoms with Crippen LogP contribution in [0.25, 0.3) is 6.08 Å². The SMILES string of the molecule is COc1cc(/C=C2/N=C(c3cccs3)OC2=O)cc(OC)c1OC. The number of thiophene rings is 1. The van der Waals surface area contributed by atoms with Gasteiger partial charge in [-0.25, -0.2) is 9.79 Å². The first-order valence-electron chi connectivity index (χ1n) is 7.02. The normalized spacial score (nSPS) is 15.2. The van der Waals surface area contributed by atoms with Gasteiger partial charge in [0.1, 0.15) is 0 Å². The molecular formula is C17H15NO5S. The van der Waals surface area contributed by atoms with Crippen molar-refractivity contribution < 1.29 is 23.7 Å². The zero-order valence-corrected chi connectivity index (χ0v) is 14.2. The number of esters is 1. The molecule has 0 spiro atoms. The molecule has 2 aromatic rings. The Hall–Kier alpha value is -2.80. The van der Waals surface area contributed by atoms with E-state index in [1.807, 2.05) is 17.5 Å². The van der Waals surface area contributed by atoms with Crippen molar-refractivity contribution in [3.8, 4) is 17.2 Å². The molecule has 0 fully saturated rings. The van der Waals surface area contributed by atoms with E-state index in [9.17, 15) is 4.79 Å². The lowest BCUT2D eigenvalue weighted by molar-refractivity contribution is -0.129. The number of benzene rings is 1. The summed E-state index contributed by atoms with van der Waals surface area (Å²) in [4.78, 5) is 17.1. The van der Waals surface area contributed by atoms with Crippen molar-refractivity contribution >= 4 is 29.3 Å². The maximum atomic E-state index is 12.0. The molecule has 6 nitrogen and oxygen atoms in total. The van der Waals surface area contributed by atoms with E-state index in [1.165, 1.54) is 32.7 Å². The number of aliphatic imine (C=N–C) groups is 1. The Morgan fingerprint density at radius 2 is 1.83 bits per heavy atom. The van der Waals surface area contributed by atoms with Gasteiger partial charge in [-0.05, 0) is 35.2 Å². The molecule has 124 valence electrons. The molecule has 1 aliphatic heterocycles. The number of rotatable bonds is 5. The summed E-state index contributed by atoms with van der Waals surface area (Å²) in [6, 6.07) is 7.19. The third kappa shape index (κ3) is 2.98. The molecule has 3 rings (SSSR count). The number of hydrogen-bond donors (Lipinski definition) is 0. The van der Waals surface area contributed by atoms with Gasteiger partial charge in [0.25, 0.3) is 0 Å². The number of carbonyl (C=O) groups is 1. The Morgan fingerprint density at radius 1 is 1.12 bits per heavy atom. The van der Waals surface area contributed by atoms with Gasteiger partial charge in [0.05, 0.1) is 26.2 Å². The molecule has 2 heterocycles. The van der Waals surface area contributed by atoms with Crippen LogP contribution in [-0.2, 0) is 9.53 Å². The lowest BCUT2D eigenvalue weighted by Gasteiger charge is -2.12. The summed E-state index contributed by atoms with van der Waals surface area (Å²) in [6.07, 6.45) is 1.62. The van der Waals surface area contributed by atoms with Crippen LogP contribution < -0.4 is 14.2 Å². The summed E-state index contributed by atoms with van der Waals surface area (Å²) in [5.74, 6) is 1.30. The topological polar surface area (TPSA) is 66.4 Å². The molecule has 24 heavy (non-hydrogen) atoms. The summed E-state index contributed by atoms with van der Waals surface area (Å²) >= 11 is 1.46. The summed E-state index contributed by atoms with van der Waals surface area (Å²) in [5, 5.41) is 1.90. The third-order valence-corrected chi connectivity index (χ3v) is 4.20. The van der Waals surface area contributed by atoms with Crippen molar-refractivity contribution in [2.45, 2.75) is 0 Å². The van der Waals surface area contributed by atoms with Gasteiger partial charge in [-0.1, -0.05) is 6.07 Å². The number of ether oxygens (including phenoxy) is 4. The zero-order chi connectivity index (χ0) is 17.1. The smallest absolute Gasteiger partial charge is 0.363 e. The van der Waals surface area contributed by atoms with E-state index < -0.39 is 5.97 Å². The van der Waals surface area contributed by atoms with E-state index >= 15 is 0 Å². The highest BCUT2D eigenvalue weighted by Gasteiger charge is 2.25. The molecule has 0 aliphatic carbocycles. The molecule has 0 N–H and O–H groups in total. The van der Waals surface area contributed by atoms with E-state index in [0.717, 1.165) is 4.88 Å². The van der Waals surface area contributed by atoms with Crippen LogP contribution in [0.2, 0.25) is 0 Å². The van der Waals surface area contributed by atoms with E-state index in [1.54, 1.807) is 18.2 Å². The van der Waals surface area contributed by atoms with Crippen molar-refractivity contribution in [3.63, 3.8) is 0 Å². The van der Waals surface area contributed by atoms with Gasteiger partial charge >= 0.3 is 5.97 Å². The fourth-order valence-corrected chi connectivity index (χ4v) is 2.91. The molecule has 1 aromatic heterocycles. The van der Waals surface area contributed by atoms with Crippen LogP contribution in [0.15, 0.2) is 40.3 Å². The zero-order valence-electron chi connectivity index (χ0n) is 13.4. The lowest BCUT2D eigenvalue weighted by Crippen LogP contribution is -2.03. The quantitative estimate of drug-likeness (QED) is 0.615. The molecule has 0 saturated carbocycles. The minimum atomic E-state index is -0.493. The molecule has 0 unspecified atom stereocenters. The van der Waals surface area contributed by atoms with Gasteiger partial charge in [0.2, 0.25) is 11.6 Å². The summed E-state index contributed by atoms with van der Waals surface area (Å²) in [6.45, 7) is 0. The van der Waals surface area contributed by atoms with Gasteiger partial charge in [0.15, 0.2) is 17.2 Å². The molecule has 1 aliphatic rings. The minimum Gasteiger partial charge on any atom is -0.493 e. The summed E-state index contributed by atoms with van der Waals surface area (Å²) in [7, 11) is 4.60. The monoisotopic (exact) mass is 345 g/mol. The van der Waals surface area contributed by atoms with Crippen LogP contribution in [-0.4, -0.2) is 33.2 Å². The highest BCUT2D eigenvalue weighted by atomic mass is 32.1. The van der Waals surface area contributed by atoms with Crippen LogP contribution in [0.3, 0.4) is 0 Å². The molecule has 0 saturated heterocycles. The molecule has 0 amide bonds.